The van der Waals surface area contributed by atoms with Crippen LogP contribution in [-0.4, -0.2) is 24.0 Å². The van der Waals surface area contributed by atoms with E-state index in [-0.39, 0.29) is 5.82 Å². The molecule has 0 radical (unpaired) electrons. The molecule has 3 rings (SSSR count). The fraction of sp³-hybridized carbons (Fsp3) is 0.600. The number of halogens is 1. The van der Waals surface area contributed by atoms with Crippen LogP contribution in [0.4, 0.5) is 4.39 Å². The Morgan fingerprint density at radius 2 is 2.28 bits per heavy atom. The maximum absolute atomic E-state index is 13.8. The van der Waals surface area contributed by atoms with E-state index in [9.17, 15) is 4.39 Å². The zero-order valence-electron chi connectivity index (χ0n) is 10.9. The second-order valence-corrected chi connectivity index (χ2v) is 5.75. The molecule has 3 atom stereocenters. The van der Waals surface area contributed by atoms with Gasteiger partial charge >= 0.3 is 0 Å². The smallest absolute Gasteiger partial charge is 0.126 e. The molecule has 18 heavy (non-hydrogen) atoms. The number of fused-ring (bicyclic) bond motifs is 1. The predicted octanol–water partition coefficient (Wildman–Crippen LogP) is 2.48. The van der Waals surface area contributed by atoms with Gasteiger partial charge in [-0.05, 0) is 55.8 Å². The van der Waals surface area contributed by atoms with Crippen LogP contribution in [0.25, 0.3) is 0 Å². The van der Waals surface area contributed by atoms with Gasteiger partial charge in [0, 0.05) is 18.6 Å². The average molecular weight is 248 g/mol. The molecule has 0 amide bonds. The summed E-state index contributed by atoms with van der Waals surface area (Å²) >= 11 is 0. The maximum Gasteiger partial charge on any atom is 0.126 e. The van der Waals surface area contributed by atoms with Crippen LogP contribution in [0.1, 0.15) is 36.9 Å². The molecule has 2 N–H and O–H groups in total. The first kappa shape index (κ1) is 12.1. The van der Waals surface area contributed by atoms with Crippen LogP contribution in [0.5, 0.6) is 0 Å². The molecule has 2 aliphatic rings. The standard InChI is InChI=1S/C15H21FN2/c1-10-7-11(8-17)9-18(10)15-6-5-12-13(15)3-2-4-14(12)16/h2-4,10-11,15H,5-9,17H2,1H3. The van der Waals surface area contributed by atoms with Crippen molar-refractivity contribution >= 4 is 0 Å². The third-order valence-electron chi connectivity index (χ3n) is 4.63. The summed E-state index contributed by atoms with van der Waals surface area (Å²) in [5, 5.41) is 0. The van der Waals surface area contributed by atoms with Gasteiger partial charge in [-0.2, -0.15) is 0 Å². The summed E-state index contributed by atoms with van der Waals surface area (Å²) in [6, 6.07) is 6.49. The summed E-state index contributed by atoms with van der Waals surface area (Å²) in [4.78, 5) is 2.53. The summed E-state index contributed by atoms with van der Waals surface area (Å²) in [6.45, 7) is 4.11. The highest BCUT2D eigenvalue weighted by Crippen LogP contribution is 2.41. The number of hydrogen-bond acceptors (Lipinski definition) is 2. The highest BCUT2D eigenvalue weighted by Gasteiger charge is 2.37. The van der Waals surface area contributed by atoms with Crippen molar-refractivity contribution in [2.75, 3.05) is 13.1 Å². The second-order valence-electron chi connectivity index (χ2n) is 5.75. The van der Waals surface area contributed by atoms with Gasteiger partial charge < -0.3 is 5.73 Å². The lowest BCUT2D eigenvalue weighted by Crippen LogP contribution is -2.31. The third-order valence-corrected chi connectivity index (χ3v) is 4.63. The van der Waals surface area contributed by atoms with E-state index >= 15 is 0 Å². The number of benzene rings is 1. The Labute approximate surface area is 108 Å². The predicted molar refractivity (Wildman–Crippen MR) is 70.8 cm³/mol. The highest BCUT2D eigenvalue weighted by atomic mass is 19.1. The zero-order valence-corrected chi connectivity index (χ0v) is 10.9. The van der Waals surface area contributed by atoms with Gasteiger partial charge in [-0.1, -0.05) is 12.1 Å². The largest absolute Gasteiger partial charge is 0.330 e. The van der Waals surface area contributed by atoms with Crippen molar-refractivity contribution in [1.82, 2.24) is 4.90 Å². The molecule has 1 aliphatic carbocycles. The van der Waals surface area contributed by atoms with E-state index in [1.165, 1.54) is 12.0 Å². The Morgan fingerprint density at radius 3 is 3.00 bits per heavy atom. The molecule has 1 aliphatic heterocycles. The lowest BCUT2D eigenvalue weighted by molar-refractivity contribution is 0.187. The van der Waals surface area contributed by atoms with Crippen LogP contribution in [0.15, 0.2) is 18.2 Å². The normalized spacial score (nSPS) is 31.8. The van der Waals surface area contributed by atoms with Gasteiger partial charge in [-0.25, -0.2) is 4.39 Å². The van der Waals surface area contributed by atoms with Gasteiger partial charge in [0.15, 0.2) is 0 Å². The molecule has 3 heteroatoms. The Balaban J connectivity index is 1.86. The fourth-order valence-corrected chi connectivity index (χ4v) is 3.71. The number of rotatable bonds is 2. The molecule has 1 aromatic rings. The van der Waals surface area contributed by atoms with E-state index < -0.39 is 0 Å². The molecule has 0 saturated carbocycles. The lowest BCUT2D eigenvalue weighted by atomic mass is 10.1. The van der Waals surface area contributed by atoms with E-state index in [2.05, 4.69) is 17.9 Å². The van der Waals surface area contributed by atoms with E-state index in [1.807, 2.05) is 6.07 Å². The van der Waals surface area contributed by atoms with Crippen molar-refractivity contribution in [2.24, 2.45) is 11.7 Å². The molecule has 0 aromatic heterocycles. The van der Waals surface area contributed by atoms with Crippen molar-refractivity contribution < 1.29 is 4.39 Å². The van der Waals surface area contributed by atoms with Gasteiger partial charge in [-0.15, -0.1) is 0 Å². The van der Waals surface area contributed by atoms with Crippen molar-refractivity contribution in [1.29, 1.82) is 0 Å². The van der Waals surface area contributed by atoms with Crippen LogP contribution >= 0.6 is 0 Å². The van der Waals surface area contributed by atoms with Gasteiger partial charge in [-0.3, -0.25) is 4.90 Å². The van der Waals surface area contributed by atoms with Crippen LogP contribution in [0.3, 0.4) is 0 Å². The van der Waals surface area contributed by atoms with Crippen molar-refractivity contribution in [3.8, 4) is 0 Å². The summed E-state index contributed by atoms with van der Waals surface area (Å²) in [5.41, 5.74) is 7.93. The average Bonchev–Trinajstić information content (AvgIpc) is 2.93. The summed E-state index contributed by atoms with van der Waals surface area (Å²) in [6.07, 6.45) is 3.11. The van der Waals surface area contributed by atoms with Crippen LogP contribution in [0.2, 0.25) is 0 Å². The fourth-order valence-electron chi connectivity index (χ4n) is 3.71. The Morgan fingerprint density at radius 1 is 1.44 bits per heavy atom. The molecular formula is C15H21FN2. The van der Waals surface area contributed by atoms with Crippen molar-refractivity contribution in [3.63, 3.8) is 0 Å². The van der Waals surface area contributed by atoms with Crippen molar-refractivity contribution in [3.05, 3.63) is 35.1 Å². The van der Waals surface area contributed by atoms with E-state index in [0.717, 1.165) is 31.5 Å². The quantitative estimate of drug-likeness (QED) is 0.871. The molecule has 1 saturated heterocycles. The first-order valence-corrected chi connectivity index (χ1v) is 6.93. The molecule has 2 nitrogen and oxygen atoms in total. The van der Waals surface area contributed by atoms with Crippen LogP contribution < -0.4 is 5.73 Å². The van der Waals surface area contributed by atoms with E-state index in [4.69, 9.17) is 5.73 Å². The number of likely N-dealkylation sites (tertiary alicyclic amines) is 1. The summed E-state index contributed by atoms with van der Waals surface area (Å²) in [5.74, 6) is 0.579. The Bertz CT molecular complexity index is 446. The molecule has 98 valence electrons. The lowest BCUT2D eigenvalue weighted by Gasteiger charge is -2.29. The molecule has 1 aromatic carbocycles. The molecule has 1 fully saturated rings. The minimum absolute atomic E-state index is 0.0303. The Hall–Kier alpha value is -0.930. The number of nitrogens with zero attached hydrogens (tertiary/aromatic N) is 1. The minimum Gasteiger partial charge on any atom is -0.330 e. The summed E-state index contributed by atoms with van der Waals surface area (Å²) in [7, 11) is 0. The Kier molecular flexibility index (Phi) is 3.12. The van der Waals surface area contributed by atoms with E-state index in [0.29, 0.717) is 18.0 Å². The van der Waals surface area contributed by atoms with Gasteiger partial charge in [0.05, 0.1) is 0 Å². The molecule has 3 unspecified atom stereocenters. The first-order valence-electron chi connectivity index (χ1n) is 6.93. The SMILES string of the molecule is CC1CC(CN)CN1C1CCc2c(F)cccc21. The van der Waals surface area contributed by atoms with Gasteiger partial charge in [0.2, 0.25) is 0 Å². The van der Waals surface area contributed by atoms with Crippen molar-refractivity contribution in [2.45, 2.75) is 38.3 Å². The molecule has 1 heterocycles. The molecule has 0 spiro atoms. The third kappa shape index (κ3) is 1.86. The van der Waals surface area contributed by atoms with E-state index in [1.54, 1.807) is 6.07 Å². The zero-order chi connectivity index (χ0) is 12.7. The minimum atomic E-state index is -0.0303. The number of hydrogen-bond donors (Lipinski definition) is 1. The second kappa shape index (κ2) is 4.63. The summed E-state index contributed by atoms with van der Waals surface area (Å²) < 4.78 is 13.8. The van der Waals surface area contributed by atoms with Crippen LogP contribution in [0, 0.1) is 11.7 Å². The van der Waals surface area contributed by atoms with Gasteiger partial charge in [0.25, 0.3) is 0 Å². The monoisotopic (exact) mass is 248 g/mol. The maximum atomic E-state index is 13.8. The number of nitrogens with two attached hydrogens (primary N) is 1. The van der Waals surface area contributed by atoms with Crippen LogP contribution in [-0.2, 0) is 6.42 Å². The highest BCUT2D eigenvalue weighted by molar-refractivity contribution is 5.36. The van der Waals surface area contributed by atoms with Gasteiger partial charge in [0.1, 0.15) is 5.82 Å². The molecular weight excluding hydrogens is 227 g/mol. The first-order chi connectivity index (χ1) is 8.70. The topological polar surface area (TPSA) is 29.3 Å². The molecule has 0 bridgehead atoms.